The smallest absolute Gasteiger partial charge is 0.339 e. The fourth-order valence-corrected chi connectivity index (χ4v) is 1.74. The molecular weight excluding hydrogens is 256 g/mol. The Morgan fingerprint density at radius 3 is 2.65 bits per heavy atom. The second-order valence-corrected chi connectivity index (χ2v) is 4.92. The first kappa shape index (κ1) is 16.6. The number of hydrogen-bond donors (Lipinski definition) is 1. The van der Waals surface area contributed by atoms with Gasteiger partial charge in [-0.3, -0.25) is 4.98 Å². The van der Waals surface area contributed by atoms with E-state index in [2.05, 4.69) is 28.9 Å². The van der Waals surface area contributed by atoms with E-state index in [0.717, 1.165) is 12.3 Å². The molecule has 0 bridgehead atoms. The molecule has 1 aromatic rings. The summed E-state index contributed by atoms with van der Waals surface area (Å²) in [5.74, 6) is 0.115. The van der Waals surface area contributed by atoms with Crippen LogP contribution in [0.3, 0.4) is 0 Å². The highest BCUT2D eigenvalue weighted by molar-refractivity contribution is 5.88. The molecule has 0 saturated heterocycles. The first-order valence-electron chi connectivity index (χ1n) is 6.92. The van der Waals surface area contributed by atoms with Crippen LogP contribution in [0.2, 0.25) is 0 Å². The average molecular weight is 280 g/mol. The Balaban J connectivity index is 2.53. The fraction of sp³-hybridized carbons (Fsp3) is 0.600. The second kappa shape index (κ2) is 8.66. The van der Waals surface area contributed by atoms with E-state index in [1.807, 2.05) is 13.0 Å². The van der Waals surface area contributed by atoms with Gasteiger partial charge in [-0.1, -0.05) is 13.8 Å². The van der Waals surface area contributed by atoms with Crippen molar-refractivity contribution in [3.05, 3.63) is 29.6 Å². The molecule has 1 rings (SSSR count). The lowest BCUT2D eigenvalue weighted by atomic mass is 10.1. The normalized spacial score (nSPS) is 12.4. The van der Waals surface area contributed by atoms with Crippen LogP contribution in [0.4, 0.5) is 0 Å². The number of pyridine rings is 1. The summed E-state index contributed by atoms with van der Waals surface area (Å²) in [4.78, 5) is 15.6. The van der Waals surface area contributed by atoms with Crippen LogP contribution < -0.4 is 5.32 Å². The average Bonchev–Trinajstić information content (AvgIpc) is 2.46. The van der Waals surface area contributed by atoms with Crippen molar-refractivity contribution in [3.63, 3.8) is 0 Å². The van der Waals surface area contributed by atoms with E-state index in [0.29, 0.717) is 24.6 Å². The van der Waals surface area contributed by atoms with Crippen LogP contribution in [-0.4, -0.2) is 37.3 Å². The van der Waals surface area contributed by atoms with Gasteiger partial charge >= 0.3 is 5.97 Å². The Morgan fingerprint density at radius 2 is 2.15 bits per heavy atom. The van der Waals surface area contributed by atoms with Crippen molar-refractivity contribution in [1.82, 2.24) is 10.3 Å². The zero-order valence-electron chi connectivity index (χ0n) is 12.7. The number of aromatic nitrogens is 1. The zero-order valence-corrected chi connectivity index (χ0v) is 12.7. The van der Waals surface area contributed by atoms with Crippen molar-refractivity contribution >= 4 is 5.97 Å². The molecule has 0 aliphatic heterocycles. The Hall–Kier alpha value is -1.46. The molecule has 1 heterocycles. The molecule has 112 valence electrons. The van der Waals surface area contributed by atoms with Gasteiger partial charge in [-0.25, -0.2) is 4.79 Å². The van der Waals surface area contributed by atoms with E-state index in [4.69, 9.17) is 4.74 Å². The van der Waals surface area contributed by atoms with Crippen LogP contribution in [0.15, 0.2) is 18.3 Å². The minimum absolute atomic E-state index is 0.289. The lowest BCUT2D eigenvalue weighted by Gasteiger charge is -2.22. The van der Waals surface area contributed by atoms with Gasteiger partial charge in [0.25, 0.3) is 0 Å². The predicted octanol–water partition coefficient (Wildman–Crippen LogP) is 2.02. The number of nitrogens with one attached hydrogen (secondary N) is 1. The number of rotatable bonds is 8. The van der Waals surface area contributed by atoms with Crippen molar-refractivity contribution in [2.24, 2.45) is 5.92 Å². The minimum Gasteiger partial charge on any atom is -0.465 e. The number of esters is 1. The van der Waals surface area contributed by atoms with Crippen molar-refractivity contribution in [1.29, 1.82) is 0 Å². The molecule has 1 aromatic heterocycles. The summed E-state index contributed by atoms with van der Waals surface area (Å²) >= 11 is 0. The summed E-state index contributed by atoms with van der Waals surface area (Å²) in [5.41, 5.74) is 1.35. The monoisotopic (exact) mass is 280 g/mol. The summed E-state index contributed by atoms with van der Waals surface area (Å²) < 4.78 is 10.1. The van der Waals surface area contributed by atoms with E-state index in [1.54, 1.807) is 6.07 Å². The third kappa shape index (κ3) is 5.27. The van der Waals surface area contributed by atoms with Crippen LogP contribution in [0.1, 0.15) is 36.8 Å². The van der Waals surface area contributed by atoms with Gasteiger partial charge in [0.2, 0.25) is 0 Å². The van der Waals surface area contributed by atoms with E-state index in [1.165, 1.54) is 13.3 Å². The number of methoxy groups -OCH3 is 1. The number of ether oxygens (including phenoxy) is 2. The highest BCUT2D eigenvalue weighted by atomic mass is 16.5. The maximum Gasteiger partial charge on any atom is 0.339 e. The SMILES string of the molecule is CCOCC(NCc1ccc(C(=O)OC)cn1)C(C)C. The van der Waals surface area contributed by atoms with Crippen LogP contribution in [0, 0.1) is 5.92 Å². The number of carbonyl (C=O) groups is 1. The Bertz CT molecular complexity index is 404. The summed E-state index contributed by atoms with van der Waals surface area (Å²) in [6.07, 6.45) is 1.54. The lowest BCUT2D eigenvalue weighted by Crippen LogP contribution is -2.37. The quantitative estimate of drug-likeness (QED) is 0.738. The van der Waals surface area contributed by atoms with E-state index >= 15 is 0 Å². The van der Waals surface area contributed by atoms with Gasteiger partial charge in [-0.05, 0) is 25.0 Å². The number of carbonyl (C=O) groups excluding carboxylic acids is 1. The highest BCUT2D eigenvalue weighted by Gasteiger charge is 2.13. The van der Waals surface area contributed by atoms with Crippen LogP contribution >= 0.6 is 0 Å². The van der Waals surface area contributed by atoms with Gasteiger partial charge in [0, 0.05) is 25.4 Å². The maximum absolute atomic E-state index is 11.3. The Labute approximate surface area is 120 Å². The molecule has 1 atom stereocenters. The van der Waals surface area contributed by atoms with Gasteiger partial charge in [-0.2, -0.15) is 0 Å². The van der Waals surface area contributed by atoms with Crippen molar-refractivity contribution < 1.29 is 14.3 Å². The third-order valence-electron chi connectivity index (χ3n) is 3.10. The molecule has 0 aromatic carbocycles. The Kier molecular flexibility index (Phi) is 7.18. The van der Waals surface area contributed by atoms with Gasteiger partial charge in [0.05, 0.1) is 25.0 Å². The van der Waals surface area contributed by atoms with E-state index in [9.17, 15) is 4.79 Å². The molecule has 1 unspecified atom stereocenters. The molecular formula is C15H24N2O3. The standard InChI is InChI=1S/C15H24N2O3/c1-5-20-10-14(11(2)3)17-9-13-7-6-12(8-16-13)15(18)19-4/h6-8,11,14,17H,5,9-10H2,1-4H3. The second-order valence-electron chi connectivity index (χ2n) is 4.92. The molecule has 5 heteroatoms. The first-order chi connectivity index (χ1) is 9.58. The van der Waals surface area contributed by atoms with Gasteiger partial charge < -0.3 is 14.8 Å². The van der Waals surface area contributed by atoms with Crippen molar-refractivity contribution in [3.8, 4) is 0 Å². The molecule has 0 fully saturated rings. The molecule has 5 nitrogen and oxygen atoms in total. The van der Waals surface area contributed by atoms with Crippen molar-refractivity contribution in [2.45, 2.75) is 33.4 Å². The summed E-state index contributed by atoms with van der Waals surface area (Å²) in [6.45, 7) is 8.36. The zero-order chi connectivity index (χ0) is 15.0. The first-order valence-corrected chi connectivity index (χ1v) is 6.92. The molecule has 0 aliphatic rings. The largest absolute Gasteiger partial charge is 0.465 e. The molecule has 0 spiro atoms. The van der Waals surface area contributed by atoms with E-state index < -0.39 is 0 Å². The summed E-state index contributed by atoms with van der Waals surface area (Å²) in [7, 11) is 1.36. The lowest BCUT2D eigenvalue weighted by molar-refractivity contribution is 0.0600. The summed E-state index contributed by atoms with van der Waals surface area (Å²) in [5, 5.41) is 3.43. The molecule has 0 amide bonds. The topological polar surface area (TPSA) is 60.5 Å². The number of hydrogen-bond acceptors (Lipinski definition) is 5. The molecule has 0 radical (unpaired) electrons. The highest BCUT2D eigenvalue weighted by Crippen LogP contribution is 2.06. The third-order valence-corrected chi connectivity index (χ3v) is 3.10. The maximum atomic E-state index is 11.3. The van der Waals surface area contributed by atoms with Gasteiger partial charge in [-0.15, -0.1) is 0 Å². The number of nitrogens with zero attached hydrogens (tertiary/aromatic N) is 1. The predicted molar refractivity (Wildman–Crippen MR) is 77.5 cm³/mol. The van der Waals surface area contributed by atoms with Crippen LogP contribution in [0.25, 0.3) is 0 Å². The summed E-state index contributed by atoms with van der Waals surface area (Å²) in [6, 6.07) is 3.84. The minimum atomic E-state index is -0.367. The van der Waals surface area contributed by atoms with Gasteiger partial charge in [0.15, 0.2) is 0 Å². The van der Waals surface area contributed by atoms with E-state index in [-0.39, 0.29) is 12.0 Å². The molecule has 0 aliphatic carbocycles. The van der Waals surface area contributed by atoms with Crippen LogP contribution in [-0.2, 0) is 16.0 Å². The Morgan fingerprint density at radius 1 is 1.40 bits per heavy atom. The fourth-order valence-electron chi connectivity index (χ4n) is 1.74. The van der Waals surface area contributed by atoms with Crippen molar-refractivity contribution in [2.75, 3.05) is 20.3 Å². The molecule has 1 N–H and O–H groups in total. The molecule has 20 heavy (non-hydrogen) atoms. The molecule has 0 saturated carbocycles. The van der Waals surface area contributed by atoms with Crippen LogP contribution in [0.5, 0.6) is 0 Å². The van der Waals surface area contributed by atoms with Gasteiger partial charge in [0.1, 0.15) is 0 Å².